The molecule has 0 spiro atoms. The summed E-state index contributed by atoms with van der Waals surface area (Å²) < 4.78 is 16.4. The minimum Gasteiger partial charge on any atom is -0.348 e. The Labute approximate surface area is 157 Å². The highest BCUT2D eigenvalue weighted by atomic mass is 19.1. The summed E-state index contributed by atoms with van der Waals surface area (Å²) in [4.78, 5) is 16.1. The van der Waals surface area contributed by atoms with E-state index in [9.17, 15) is 9.18 Å². The SMILES string of the molecule is O=C1CC[C@@H](NCc2cccn2-c2cccnc2)[C@H](c2ccccc2F)N1. The lowest BCUT2D eigenvalue weighted by Gasteiger charge is -2.33. The molecule has 6 heteroatoms. The Morgan fingerprint density at radius 3 is 2.89 bits per heavy atom. The molecule has 2 N–H and O–H groups in total. The minimum atomic E-state index is -0.380. The molecule has 4 rings (SSSR count). The fourth-order valence-corrected chi connectivity index (χ4v) is 3.59. The highest BCUT2D eigenvalue weighted by Gasteiger charge is 2.31. The number of hydrogen-bond acceptors (Lipinski definition) is 3. The predicted molar refractivity (Wildman–Crippen MR) is 101 cm³/mol. The van der Waals surface area contributed by atoms with E-state index in [0.717, 1.165) is 11.4 Å². The van der Waals surface area contributed by atoms with Crippen LogP contribution in [0.5, 0.6) is 0 Å². The zero-order valence-electron chi connectivity index (χ0n) is 14.8. The van der Waals surface area contributed by atoms with Crippen LogP contribution in [0.4, 0.5) is 4.39 Å². The quantitative estimate of drug-likeness (QED) is 0.731. The average Bonchev–Trinajstić information content (AvgIpc) is 3.17. The molecular formula is C21H21FN4O. The van der Waals surface area contributed by atoms with E-state index in [1.807, 2.05) is 36.7 Å². The Kier molecular flexibility index (Phi) is 4.98. The zero-order chi connectivity index (χ0) is 18.6. The highest BCUT2D eigenvalue weighted by Crippen LogP contribution is 2.26. The molecule has 1 saturated heterocycles. The van der Waals surface area contributed by atoms with E-state index < -0.39 is 0 Å². The van der Waals surface area contributed by atoms with Crippen molar-refractivity contribution < 1.29 is 9.18 Å². The van der Waals surface area contributed by atoms with Crippen LogP contribution in [0.3, 0.4) is 0 Å². The van der Waals surface area contributed by atoms with Gasteiger partial charge in [0, 0.05) is 42.7 Å². The number of halogens is 1. The Bertz CT molecular complexity index is 925. The number of nitrogens with zero attached hydrogens (tertiary/aromatic N) is 2. The van der Waals surface area contributed by atoms with Gasteiger partial charge in [0.2, 0.25) is 5.91 Å². The number of nitrogens with one attached hydrogen (secondary N) is 2. The van der Waals surface area contributed by atoms with Gasteiger partial charge in [-0.15, -0.1) is 0 Å². The molecule has 1 fully saturated rings. The van der Waals surface area contributed by atoms with Crippen LogP contribution in [0.2, 0.25) is 0 Å². The lowest BCUT2D eigenvalue weighted by Crippen LogP contribution is -2.48. The Balaban J connectivity index is 1.53. The second kappa shape index (κ2) is 7.72. The van der Waals surface area contributed by atoms with Gasteiger partial charge in [-0.25, -0.2) is 4.39 Å². The number of pyridine rings is 1. The summed E-state index contributed by atoms with van der Waals surface area (Å²) in [5, 5.41) is 6.45. The van der Waals surface area contributed by atoms with Gasteiger partial charge in [0.05, 0.1) is 17.9 Å². The Hall–Kier alpha value is -2.99. The molecule has 3 heterocycles. The molecule has 0 radical (unpaired) electrons. The molecule has 0 unspecified atom stereocenters. The van der Waals surface area contributed by atoms with E-state index in [-0.39, 0.29) is 23.8 Å². The average molecular weight is 364 g/mol. The summed E-state index contributed by atoms with van der Waals surface area (Å²) in [5.41, 5.74) is 2.58. The lowest BCUT2D eigenvalue weighted by atomic mass is 9.91. The first-order valence-electron chi connectivity index (χ1n) is 9.06. The van der Waals surface area contributed by atoms with Crippen molar-refractivity contribution in [2.24, 2.45) is 0 Å². The third-order valence-corrected chi connectivity index (χ3v) is 4.94. The number of amides is 1. The van der Waals surface area contributed by atoms with Gasteiger partial charge in [0.25, 0.3) is 0 Å². The van der Waals surface area contributed by atoms with Crippen molar-refractivity contribution in [3.05, 3.63) is 84.2 Å². The molecular weight excluding hydrogens is 343 g/mol. The van der Waals surface area contributed by atoms with Crippen molar-refractivity contribution >= 4 is 5.91 Å². The van der Waals surface area contributed by atoms with Gasteiger partial charge in [-0.2, -0.15) is 0 Å². The van der Waals surface area contributed by atoms with Gasteiger partial charge in [-0.1, -0.05) is 18.2 Å². The van der Waals surface area contributed by atoms with Gasteiger partial charge in [0.1, 0.15) is 5.82 Å². The van der Waals surface area contributed by atoms with Crippen molar-refractivity contribution in [2.45, 2.75) is 31.5 Å². The molecule has 1 amide bonds. The molecule has 27 heavy (non-hydrogen) atoms. The molecule has 1 aliphatic rings. The molecule has 1 aliphatic heterocycles. The third-order valence-electron chi connectivity index (χ3n) is 4.94. The highest BCUT2D eigenvalue weighted by molar-refractivity contribution is 5.77. The van der Waals surface area contributed by atoms with Gasteiger partial charge in [-0.3, -0.25) is 9.78 Å². The molecule has 0 saturated carbocycles. The summed E-state index contributed by atoms with van der Waals surface area (Å²) in [6, 6.07) is 14.1. The summed E-state index contributed by atoms with van der Waals surface area (Å²) >= 11 is 0. The second-order valence-corrected chi connectivity index (χ2v) is 6.67. The first-order chi connectivity index (χ1) is 13.2. The number of hydrogen-bond donors (Lipinski definition) is 2. The van der Waals surface area contributed by atoms with Crippen LogP contribution < -0.4 is 10.6 Å². The van der Waals surface area contributed by atoms with E-state index in [1.54, 1.807) is 24.4 Å². The maximum absolute atomic E-state index is 14.3. The summed E-state index contributed by atoms with van der Waals surface area (Å²) in [5.74, 6) is -0.338. The van der Waals surface area contributed by atoms with E-state index in [1.165, 1.54) is 6.07 Å². The monoisotopic (exact) mass is 364 g/mol. The number of benzene rings is 1. The molecule has 2 atom stereocenters. The third kappa shape index (κ3) is 3.75. The van der Waals surface area contributed by atoms with Gasteiger partial charge < -0.3 is 15.2 Å². The summed E-state index contributed by atoms with van der Waals surface area (Å²) in [7, 11) is 0. The predicted octanol–water partition coefficient (Wildman–Crippen LogP) is 3.12. The first-order valence-corrected chi connectivity index (χ1v) is 9.06. The van der Waals surface area contributed by atoms with Crippen LogP contribution in [0, 0.1) is 5.82 Å². The second-order valence-electron chi connectivity index (χ2n) is 6.67. The maximum atomic E-state index is 14.3. The van der Waals surface area contributed by atoms with Gasteiger partial charge in [0.15, 0.2) is 0 Å². The fourth-order valence-electron chi connectivity index (χ4n) is 3.59. The molecule has 0 aliphatic carbocycles. The first kappa shape index (κ1) is 17.4. The van der Waals surface area contributed by atoms with E-state index in [2.05, 4.69) is 20.2 Å². The number of piperidine rings is 1. The molecule has 0 bridgehead atoms. The molecule has 1 aromatic carbocycles. The minimum absolute atomic E-state index is 0.0416. The summed E-state index contributed by atoms with van der Waals surface area (Å²) in [6.07, 6.45) is 6.65. The zero-order valence-corrected chi connectivity index (χ0v) is 14.8. The van der Waals surface area contributed by atoms with Crippen molar-refractivity contribution in [1.82, 2.24) is 20.2 Å². The molecule has 138 valence electrons. The number of carbonyl (C=O) groups is 1. The Morgan fingerprint density at radius 1 is 1.19 bits per heavy atom. The van der Waals surface area contributed by atoms with E-state index in [4.69, 9.17) is 0 Å². The summed E-state index contributed by atoms with van der Waals surface area (Å²) in [6.45, 7) is 0.605. The van der Waals surface area contributed by atoms with Gasteiger partial charge >= 0.3 is 0 Å². The molecule has 2 aromatic heterocycles. The van der Waals surface area contributed by atoms with Crippen LogP contribution >= 0.6 is 0 Å². The molecule has 5 nitrogen and oxygen atoms in total. The normalized spacial score (nSPS) is 19.7. The van der Waals surface area contributed by atoms with Crippen molar-refractivity contribution in [1.29, 1.82) is 0 Å². The fraction of sp³-hybridized carbons (Fsp3) is 0.238. The van der Waals surface area contributed by atoms with Gasteiger partial charge in [-0.05, 0) is 36.8 Å². The van der Waals surface area contributed by atoms with Crippen LogP contribution in [0.15, 0.2) is 67.1 Å². The molecule has 3 aromatic rings. The van der Waals surface area contributed by atoms with Crippen molar-refractivity contribution in [3.63, 3.8) is 0 Å². The van der Waals surface area contributed by atoms with Crippen LogP contribution in [0.25, 0.3) is 5.69 Å². The van der Waals surface area contributed by atoms with E-state index >= 15 is 0 Å². The van der Waals surface area contributed by atoms with Crippen LogP contribution in [-0.2, 0) is 11.3 Å². The standard InChI is InChI=1S/C21H21FN4O/c22-18-8-2-1-7-17(18)21-19(9-10-20(27)25-21)24-14-16-6-4-12-26(16)15-5-3-11-23-13-15/h1-8,11-13,19,21,24H,9-10,14H2,(H,25,27)/t19-,21+/m1/s1. The topological polar surface area (TPSA) is 59.0 Å². The largest absolute Gasteiger partial charge is 0.348 e. The van der Waals surface area contributed by atoms with Crippen molar-refractivity contribution in [3.8, 4) is 5.69 Å². The lowest BCUT2D eigenvalue weighted by molar-refractivity contribution is -0.123. The number of rotatable bonds is 5. The van der Waals surface area contributed by atoms with Crippen LogP contribution in [0.1, 0.15) is 30.1 Å². The smallest absolute Gasteiger partial charge is 0.220 e. The van der Waals surface area contributed by atoms with Crippen LogP contribution in [-0.4, -0.2) is 21.5 Å². The Morgan fingerprint density at radius 2 is 2.07 bits per heavy atom. The van der Waals surface area contributed by atoms with E-state index in [0.29, 0.717) is 24.9 Å². The maximum Gasteiger partial charge on any atom is 0.220 e. The number of carbonyl (C=O) groups excluding carboxylic acids is 1. The number of aromatic nitrogens is 2. The van der Waals surface area contributed by atoms with Crippen molar-refractivity contribution in [2.75, 3.05) is 0 Å².